The molecule has 5 aliphatic rings. The summed E-state index contributed by atoms with van der Waals surface area (Å²) in [6.45, 7) is 10.2. The Morgan fingerprint density at radius 1 is 0.529 bits per heavy atom. The number of carbonyl (C=O) groups is 2. The highest BCUT2D eigenvalue weighted by molar-refractivity contribution is 6.29. The number of benzene rings is 1. The van der Waals surface area contributed by atoms with Gasteiger partial charge in [-0.25, -0.2) is 0 Å². The molecule has 0 unspecified atom stereocenters. The van der Waals surface area contributed by atoms with Gasteiger partial charge in [0.15, 0.2) is 0 Å². The van der Waals surface area contributed by atoms with E-state index in [0.717, 1.165) is 108 Å². The highest BCUT2D eigenvalue weighted by Crippen LogP contribution is 2.53. The topological polar surface area (TPSA) is 80.4 Å². The molecule has 0 atom stereocenters. The lowest BCUT2D eigenvalue weighted by molar-refractivity contribution is 0.0880. The van der Waals surface area contributed by atoms with E-state index in [2.05, 4.69) is 30.2 Å². The molecule has 4 saturated heterocycles. The molecule has 0 aromatic heterocycles. The number of hydrogen-bond donors (Lipinski definition) is 2. The molecule has 9 heteroatoms. The molecular formula is C25H36N6O3. The fourth-order valence-corrected chi connectivity index (χ4v) is 6.32. The second kappa shape index (κ2) is 9.26. The Hall–Kier alpha value is -2.52. The molecule has 0 aliphatic carbocycles. The fraction of sp³-hybridized carbons (Fsp3) is 0.680. The molecule has 4 fully saturated rings. The SMILES string of the molecule is O=C1NC(=O)c2c1c(N1CCCC1)c(N1CCCCC1)c(N1CCOCC1)c2N1CCNCC1. The predicted octanol–water partition coefficient (Wildman–Crippen LogP) is 1.41. The average Bonchev–Trinajstić information content (AvgIpc) is 3.52. The molecule has 0 radical (unpaired) electrons. The molecular weight excluding hydrogens is 432 g/mol. The molecule has 2 N–H and O–H groups in total. The number of hydrogen-bond acceptors (Lipinski definition) is 8. The molecule has 0 saturated carbocycles. The van der Waals surface area contributed by atoms with E-state index in [1.165, 1.54) is 12.1 Å². The van der Waals surface area contributed by atoms with Crippen molar-refractivity contribution in [2.45, 2.75) is 32.1 Å². The lowest BCUT2D eigenvalue weighted by Crippen LogP contribution is -2.46. The van der Waals surface area contributed by atoms with E-state index in [9.17, 15) is 9.59 Å². The van der Waals surface area contributed by atoms with Gasteiger partial charge in [-0.15, -0.1) is 0 Å². The van der Waals surface area contributed by atoms with Gasteiger partial charge in [0.05, 0.1) is 47.1 Å². The number of imide groups is 1. The molecule has 1 aromatic rings. The first-order valence-corrected chi connectivity index (χ1v) is 13.1. The molecule has 1 aromatic carbocycles. The van der Waals surface area contributed by atoms with Crippen LogP contribution in [-0.4, -0.2) is 90.5 Å². The van der Waals surface area contributed by atoms with Crippen LogP contribution in [0, 0.1) is 0 Å². The van der Waals surface area contributed by atoms with Crippen LogP contribution in [0.5, 0.6) is 0 Å². The molecule has 184 valence electrons. The third kappa shape index (κ3) is 3.69. The van der Waals surface area contributed by atoms with Crippen LogP contribution < -0.4 is 30.2 Å². The first-order valence-electron chi connectivity index (χ1n) is 13.1. The number of nitrogens with one attached hydrogen (secondary N) is 2. The Morgan fingerprint density at radius 2 is 0.971 bits per heavy atom. The Kier molecular flexibility index (Phi) is 5.99. The summed E-state index contributed by atoms with van der Waals surface area (Å²) in [6, 6.07) is 0. The monoisotopic (exact) mass is 468 g/mol. The number of fused-ring (bicyclic) bond motifs is 1. The number of morpholine rings is 1. The highest BCUT2D eigenvalue weighted by Gasteiger charge is 2.43. The van der Waals surface area contributed by atoms with Crippen molar-refractivity contribution in [1.82, 2.24) is 10.6 Å². The molecule has 0 bridgehead atoms. The number of ether oxygens (including phenoxy) is 1. The van der Waals surface area contributed by atoms with Crippen molar-refractivity contribution in [3.8, 4) is 0 Å². The van der Waals surface area contributed by atoms with Crippen LogP contribution >= 0.6 is 0 Å². The van der Waals surface area contributed by atoms with Gasteiger partial charge in [-0.2, -0.15) is 0 Å². The number of carbonyl (C=O) groups excluding carboxylic acids is 2. The average molecular weight is 469 g/mol. The van der Waals surface area contributed by atoms with E-state index >= 15 is 0 Å². The summed E-state index contributed by atoms with van der Waals surface area (Å²) in [5, 5.41) is 6.12. The summed E-state index contributed by atoms with van der Waals surface area (Å²) in [4.78, 5) is 36.4. The molecule has 6 rings (SSSR count). The van der Waals surface area contributed by atoms with Gasteiger partial charge in [-0.05, 0) is 32.1 Å². The van der Waals surface area contributed by atoms with Crippen molar-refractivity contribution < 1.29 is 14.3 Å². The number of rotatable bonds is 4. The molecule has 9 nitrogen and oxygen atoms in total. The fourth-order valence-electron chi connectivity index (χ4n) is 6.32. The zero-order chi connectivity index (χ0) is 23.1. The third-order valence-electron chi connectivity index (χ3n) is 7.93. The first kappa shape index (κ1) is 22.0. The van der Waals surface area contributed by atoms with Gasteiger partial charge in [0.2, 0.25) is 0 Å². The van der Waals surface area contributed by atoms with Crippen LogP contribution in [0.25, 0.3) is 0 Å². The minimum absolute atomic E-state index is 0.231. The number of anilines is 4. The van der Waals surface area contributed by atoms with E-state index in [0.29, 0.717) is 24.3 Å². The van der Waals surface area contributed by atoms with Crippen molar-refractivity contribution in [2.24, 2.45) is 0 Å². The molecule has 5 aliphatic heterocycles. The van der Waals surface area contributed by atoms with E-state index in [1.807, 2.05) is 0 Å². The van der Waals surface area contributed by atoms with Crippen molar-refractivity contribution in [3.63, 3.8) is 0 Å². The first-order chi connectivity index (χ1) is 16.7. The number of piperidine rings is 1. The second-order valence-corrected chi connectivity index (χ2v) is 10.0. The summed E-state index contributed by atoms with van der Waals surface area (Å²) >= 11 is 0. The third-order valence-corrected chi connectivity index (χ3v) is 7.93. The van der Waals surface area contributed by atoms with E-state index < -0.39 is 0 Å². The van der Waals surface area contributed by atoms with Gasteiger partial charge in [-0.3, -0.25) is 14.9 Å². The zero-order valence-electron chi connectivity index (χ0n) is 20.0. The van der Waals surface area contributed by atoms with Gasteiger partial charge in [0, 0.05) is 65.4 Å². The molecule has 34 heavy (non-hydrogen) atoms. The van der Waals surface area contributed by atoms with Crippen molar-refractivity contribution in [1.29, 1.82) is 0 Å². The van der Waals surface area contributed by atoms with E-state index in [4.69, 9.17) is 4.74 Å². The van der Waals surface area contributed by atoms with E-state index in [1.54, 1.807) is 0 Å². The van der Waals surface area contributed by atoms with Crippen LogP contribution in [0.1, 0.15) is 52.8 Å². The zero-order valence-corrected chi connectivity index (χ0v) is 20.0. The van der Waals surface area contributed by atoms with Gasteiger partial charge in [0.25, 0.3) is 11.8 Å². The lowest BCUT2D eigenvalue weighted by Gasteiger charge is -2.43. The minimum Gasteiger partial charge on any atom is -0.378 e. The van der Waals surface area contributed by atoms with Crippen molar-refractivity contribution >= 4 is 34.6 Å². The predicted molar refractivity (Wildman–Crippen MR) is 134 cm³/mol. The summed E-state index contributed by atoms with van der Waals surface area (Å²) in [5.74, 6) is -0.473. The van der Waals surface area contributed by atoms with Crippen LogP contribution in [0.4, 0.5) is 22.7 Å². The molecule has 0 spiro atoms. The maximum absolute atomic E-state index is 13.4. The quantitative estimate of drug-likeness (QED) is 0.642. The smallest absolute Gasteiger partial charge is 0.261 e. The van der Waals surface area contributed by atoms with E-state index in [-0.39, 0.29) is 11.8 Å². The molecule has 5 heterocycles. The normalized spacial score (nSPS) is 23.5. The van der Waals surface area contributed by atoms with Crippen LogP contribution in [0.15, 0.2) is 0 Å². The van der Waals surface area contributed by atoms with Crippen molar-refractivity contribution in [2.75, 3.05) is 98.3 Å². The second-order valence-electron chi connectivity index (χ2n) is 10.0. The standard InChI is InChI=1S/C25H36N6O3/c32-24-18-19(25(33)27-24)21(30-12-6-26-7-13-30)23(31-14-16-34-17-15-31)22(29-8-2-1-3-9-29)20(18)28-10-4-5-11-28/h26H,1-17H2,(H,27,32,33). The Labute approximate surface area is 201 Å². The maximum atomic E-state index is 13.4. The summed E-state index contributed by atoms with van der Waals surface area (Å²) in [7, 11) is 0. The lowest BCUT2D eigenvalue weighted by atomic mass is 9.95. The minimum atomic E-state index is -0.242. The largest absolute Gasteiger partial charge is 0.378 e. The van der Waals surface area contributed by atoms with Crippen LogP contribution in [0.2, 0.25) is 0 Å². The Morgan fingerprint density at radius 3 is 1.53 bits per heavy atom. The van der Waals surface area contributed by atoms with Gasteiger partial charge >= 0.3 is 0 Å². The van der Waals surface area contributed by atoms with Gasteiger partial charge in [0.1, 0.15) is 0 Å². The Balaban J connectivity index is 1.66. The maximum Gasteiger partial charge on any atom is 0.261 e. The Bertz CT molecular complexity index is 958. The highest BCUT2D eigenvalue weighted by atomic mass is 16.5. The van der Waals surface area contributed by atoms with Crippen LogP contribution in [0.3, 0.4) is 0 Å². The van der Waals surface area contributed by atoms with Crippen LogP contribution in [-0.2, 0) is 4.74 Å². The summed E-state index contributed by atoms with van der Waals surface area (Å²) in [5.41, 5.74) is 5.50. The summed E-state index contributed by atoms with van der Waals surface area (Å²) < 4.78 is 5.73. The van der Waals surface area contributed by atoms with Gasteiger partial charge in [-0.1, -0.05) is 0 Å². The molecule has 2 amide bonds. The number of nitrogens with zero attached hydrogens (tertiary/aromatic N) is 4. The summed E-state index contributed by atoms with van der Waals surface area (Å²) in [6.07, 6.45) is 5.81. The van der Waals surface area contributed by atoms with Gasteiger partial charge < -0.3 is 29.7 Å². The number of amides is 2. The number of piperazine rings is 1. The van der Waals surface area contributed by atoms with Crippen molar-refractivity contribution in [3.05, 3.63) is 11.1 Å².